The van der Waals surface area contributed by atoms with Crippen LogP contribution >= 0.6 is 0 Å². The second-order valence-corrected chi connectivity index (χ2v) is 7.27. The number of carbonyl (C=O) groups excluding carboxylic acids is 1. The van der Waals surface area contributed by atoms with Crippen molar-refractivity contribution in [2.24, 2.45) is 0 Å². The van der Waals surface area contributed by atoms with Gasteiger partial charge < -0.3 is 19.9 Å². The monoisotopic (exact) mass is 332 g/mol. The zero-order valence-electron chi connectivity index (χ0n) is 12.1. The summed E-state index contributed by atoms with van der Waals surface area (Å²) in [6, 6.07) is 4.80. The number of hydrogen-bond acceptors (Lipinski definition) is 6. The minimum absolute atomic E-state index is 0.0484. The summed E-state index contributed by atoms with van der Waals surface area (Å²) in [5.74, 6) is -0.229. The van der Waals surface area contributed by atoms with Crippen LogP contribution in [-0.4, -0.2) is 34.9 Å². The molecule has 1 rings (SSSR count). The van der Waals surface area contributed by atoms with E-state index in [1.54, 1.807) is 19.1 Å². The van der Waals surface area contributed by atoms with Gasteiger partial charge in [0.2, 0.25) is 0 Å². The average Bonchev–Trinajstić information content (AvgIpc) is 2.38. The van der Waals surface area contributed by atoms with Gasteiger partial charge in [0.05, 0.1) is 17.2 Å². The van der Waals surface area contributed by atoms with Gasteiger partial charge in [-0.05, 0) is 31.5 Å². The molecule has 1 aromatic carbocycles. The van der Waals surface area contributed by atoms with Gasteiger partial charge in [-0.3, -0.25) is 4.79 Å². The Labute approximate surface area is 129 Å². The standard InChI is InChI=1S/C13H20N2O4S2/c1-3-19-13(16)5-4-8-15(2)10-6-7-11(14)12(9-10)21(17,18)20/h6-7,9H,3-5,8,14H2,1-2H3,(H,17,18,20). The molecule has 8 heteroatoms. The molecule has 3 N–H and O–H groups in total. The second kappa shape index (κ2) is 7.58. The Balaban J connectivity index is 2.71. The predicted molar refractivity (Wildman–Crippen MR) is 86.4 cm³/mol. The molecular weight excluding hydrogens is 312 g/mol. The van der Waals surface area contributed by atoms with Crippen molar-refractivity contribution in [1.29, 1.82) is 0 Å². The van der Waals surface area contributed by atoms with E-state index in [1.807, 2.05) is 11.9 Å². The molecule has 6 nitrogen and oxygen atoms in total. The number of nitrogen functional groups attached to an aromatic ring is 1. The first kappa shape index (κ1) is 17.7. The Kier molecular flexibility index (Phi) is 6.38. The van der Waals surface area contributed by atoms with Crippen LogP contribution in [0.5, 0.6) is 0 Å². The van der Waals surface area contributed by atoms with E-state index in [0.29, 0.717) is 26.0 Å². The van der Waals surface area contributed by atoms with Gasteiger partial charge in [0.1, 0.15) is 0 Å². The minimum Gasteiger partial charge on any atom is -0.466 e. The van der Waals surface area contributed by atoms with Gasteiger partial charge in [-0.15, -0.1) is 0 Å². The number of hydrogen-bond donors (Lipinski definition) is 2. The molecule has 1 aromatic rings. The van der Waals surface area contributed by atoms with Gasteiger partial charge in [-0.25, -0.2) is 4.21 Å². The SMILES string of the molecule is CCOC(=O)CCCN(C)c1ccc(N)c(S(=O)(O)=S)c1. The first-order valence-electron chi connectivity index (χ1n) is 6.49. The number of benzene rings is 1. The highest BCUT2D eigenvalue weighted by Crippen LogP contribution is 2.24. The summed E-state index contributed by atoms with van der Waals surface area (Å²) >= 11 is 4.56. The molecule has 0 heterocycles. The van der Waals surface area contributed by atoms with Crippen LogP contribution in [0, 0.1) is 0 Å². The quantitative estimate of drug-likeness (QED) is 0.579. The highest BCUT2D eigenvalue weighted by molar-refractivity contribution is 8.29. The summed E-state index contributed by atoms with van der Waals surface area (Å²) in [6.45, 7) is 2.74. The molecule has 1 unspecified atom stereocenters. The number of ether oxygens (including phenoxy) is 1. The number of nitrogens with two attached hydrogens (primary N) is 1. The molecule has 21 heavy (non-hydrogen) atoms. The van der Waals surface area contributed by atoms with Crippen molar-refractivity contribution in [3.63, 3.8) is 0 Å². The van der Waals surface area contributed by atoms with Crippen LogP contribution in [0.1, 0.15) is 19.8 Å². The summed E-state index contributed by atoms with van der Waals surface area (Å²) in [4.78, 5) is 13.2. The summed E-state index contributed by atoms with van der Waals surface area (Å²) in [6.07, 6.45) is 0.954. The summed E-state index contributed by atoms with van der Waals surface area (Å²) < 4.78 is 25.9. The molecule has 118 valence electrons. The van der Waals surface area contributed by atoms with Crippen molar-refractivity contribution < 1.29 is 18.3 Å². The molecule has 0 spiro atoms. The largest absolute Gasteiger partial charge is 0.466 e. The Morgan fingerprint density at radius 1 is 1.52 bits per heavy atom. The third-order valence-corrected chi connectivity index (χ3v) is 4.34. The Bertz CT molecular complexity index is 602. The highest BCUT2D eigenvalue weighted by atomic mass is 32.8. The van der Waals surface area contributed by atoms with Crippen molar-refractivity contribution in [2.75, 3.05) is 30.8 Å². The molecular formula is C13H20N2O4S2. The molecule has 0 aliphatic rings. The zero-order valence-corrected chi connectivity index (χ0v) is 13.7. The van der Waals surface area contributed by atoms with E-state index in [0.717, 1.165) is 5.69 Å². The van der Waals surface area contributed by atoms with Gasteiger partial charge in [0.15, 0.2) is 8.77 Å². The maximum Gasteiger partial charge on any atom is 0.305 e. The smallest absolute Gasteiger partial charge is 0.305 e. The molecule has 0 aliphatic heterocycles. The predicted octanol–water partition coefficient (Wildman–Crippen LogP) is 1.63. The molecule has 0 aliphatic carbocycles. The number of rotatable bonds is 7. The van der Waals surface area contributed by atoms with Crippen molar-refractivity contribution in [2.45, 2.75) is 24.7 Å². The fourth-order valence-corrected chi connectivity index (χ4v) is 2.88. The summed E-state index contributed by atoms with van der Waals surface area (Å²) in [7, 11) is -1.70. The molecule has 0 saturated heterocycles. The van der Waals surface area contributed by atoms with Crippen molar-refractivity contribution in [3.05, 3.63) is 18.2 Å². The average molecular weight is 332 g/mol. The lowest BCUT2D eigenvalue weighted by atomic mass is 10.2. The number of nitrogens with zero attached hydrogens (tertiary/aromatic N) is 1. The number of esters is 1. The second-order valence-electron chi connectivity index (χ2n) is 4.53. The maximum atomic E-state index is 11.6. The maximum absolute atomic E-state index is 11.6. The van der Waals surface area contributed by atoms with Gasteiger partial charge in [-0.1, -0.05) is 0 Å². The van der Waals surface area contributed by atoms with E-state index in [9.17, 15) is 13.6 Å². The molecule has 0 radical (unpaired) electrons. The number of anilines is 2. The first-order valence-corrected chi connectivity index (χ1v) is 8.93. The van der Waals surface area contributed by atoms with Gasteiger partial charge in [0, 0.05) is 36.9 Å². The molecule has 1 atom stereocenters. The Hall–Kier alpha value is -1.38. The van der Waals surface area contributed by atoms with Crippen molar-refractivity contribution in [1.82, 2.24) is 0 Å². The minimum atomic E-state index is -3.52. The first-order chi connectivity index (χ1) is 9.75. The van der Waals surface area contributed by atoms with Crippen LogP contribution in [0.15, 0.2) is 23.1 Å². The Morgan fingerprint density at radius 3 is 2.76 bits per heavy atom. The lowest BCUT2D eigenvalue weighted by Crippen LogP contribution is -2.20. The summed E-state index contributed by atoms with van der Waals surface area (Å²) in [5, 5.41) is 0. The van der Waals surface area contributed by atoms with E-state index in [4.69, 9.17) is 10.5 Å². The third-order valence-electron chi connectivity index (χ3n) is 2.90. The van der Waals surface area contributed by atoms with Crippen LogP contribution < -0.4 is 10.6 Å². The van der Waals surface area contributed by atoms with E-state index in [-0.39, 0.29) is 16.6 Å². The van der Waals surface area contributed by atoms with Crippen LogP contribution in [0.25, 0.3) is 0 Å². The lowest BCUT2D eigenvalue weighted by molar-refractivity contribution is -0.143. The van der Waals surface area contributed by atoms with Gasteiger partial charge in [0.25, 0.3) is 0 Å². The summed E-state index contributed by atoms with van der Waals surface area (Å²) in [5.41, 5.74) is 6.58. The van der Waals surface area contributed by atoms with Crippen LogP contribution in [0.2, 0.25) is 0 Å². The van der Waals surface area contributed by atoms with E-state index in [1.165, 1.54) is 6.07 Å². The fraction of sp³-hybridized carbons (Fsp3) is 0.462. The molecule has 0 fully saturated rings. The molecule has 0 saturated carbocycles. The molecule has 0 amide bonds. The van der Waals surface area contributed by atoms with Crippen LogP contribution in [0.3, 0.4) is 0 Å². The van der Waals surface area contributed by atoms with Crippen LogP contribution in [0.4, 0.5) is 11.4 Å². The van der Waals surface area contributed by atoms with E-state index < -0.39 is 8.77 Å². The van der Waals surface area contributed by atoms with Crippen molar-refractivity contribution >= 4 is 37.3 Å². The van der Waals surface area contributed by atoms with Gasteiger partial charge in [-0.2, -0.15) is 0 Å². The number of carbonyl (C=O) groups is 1. The molecule has 0 aromatic heterocycles. The molecule has 0 bridgehead atoms. The fourth-order valence-electron chi connectivity index (χ4n) is 1.81. The van der Waals surface area contributed by atoms with E-state index >= 15 is 0 Å². The van der Waals surface area contributed by atoms with Gasteiger partial charge >= 0.3 is 5.97 Å². The Morgan fingerprint density at radius 2 is 2.19 bits per heavy atom. The van der Waals surface area contributed by atoms with Crippen molar-refractivity contribution in [3.8, 4) is 0 Å². The lowest BCUT2D eigenvalue weighted by Gasteiger charge is -2.20. The van der Waals surface area contributed by atoms with Crippen LogP contribution in [-0.2, 0) is 29.5 Å². The van der Waals surface area contributed by atoms with E-state index in [2.05, 4.69) is 11.2 Å². The zero-order chi connectivity index (χ0) is 16.0. The third kappa shape index (κ3) is 5.49. The topological polar surface area (TPSA) is 92.9 Å². The highest BCUT2D eigenvalue weighted by Gasteiger charge is 2.13. The normalized spacial score (nSPS) is 13.5.